The van der Waals surface area contributed by atoms with Gasteiger partial charge >= 0.3 is 0 Å². The van der Waals surface area contributed by atoms with Crippen LogP contribution in [0.15, 0.2) is 53.6 Å². The fraction of sp³-hybridized carbons (Fsp3) is 0.250. The minimum absolute atomic E-state index is 0.489. The molecule has 0 saturated heterocycles. The van der Waals surface area contributed by atoms with E-state index in [1.807, 2.05) is 36.4 Å². The molecule has 2 aromatic carbocycles. The Hall–Kier alpha value is -2.73. The van der Waals surface area contributed by atoms with Crippen molar-refractivity contribution in [3.63, 3.8) is 0 Å². The number of aryl methyl sites for hydroxylation is 2. The van der Waals surface area contributed by atoms with Gasteiger partial charge in [0.15, 0.2) is 5.82 Å². The fourth-order valence-corrected chi connectivity index (χ4v) is 2.79. The van der Waals surface area contributed by atoms with Crippen LogP contribution in [0, 0.1) is 11.7 Å². The van der Waals surface area contributed by atoms with Crippen LogP contribution in [0.5, 0.6) is 5.75 Å². The number of hydrogen-bond acceptors (Lipinski definition) is 4. The van der Waals surface area contributed by atoms with Gasteiger partial charge in [0.2, 0.25) is 4.77 Å². The molecule has 0 fully saturated rings. The van der Waals surface area contributed by atoms with Gasteiger partial charge in [-0.1, -0.05) is 43.3 Å². The minimum Gasteiger partial charge on any atom is -0.488 e. The van der Waals surface area contributed by atoms with E-state index in [9.17, 15) is 0 Å². The van der Waals surface area contributed by atoms with E-state index in [1.165, 1.54) is 11.1 Å². The molecule has 0 amide bonds. The summed E-state index contributed by atoms with van der Waals surface area (Å²) < 4.78 is 8.18. The molecular weight excluding hydrogens is 344 g/mol. The molecule has 6 heteroatoms. The van der Waals surface area contributed by atoms with Gasteiger partial charge in [-0.05, 0) is 48.8 Å². The van der Waals surface area contributed by atoms with Crippen LogP contribution in [0.4, 0.5) is 0 Å². The highest BCUT2D eigenvalue weighted by atomic mass is 32.1. The van der Waals surface area contributed by atoms with Crippen molar-refractivity contribution >= 4 is 18.4 Å². The molecule has 0 aliphatic heterocycles. The first-order valence-corrected chi connectivity index (χ1v) is 9.07. The highest BCUT2D eigenvalue weighted by Gasteiger charge is 2.06. The maximum atomic E-state index is 6.03. The minimum atomic E-state index is 0.489. The predicted octanol–water partition coefficient (Wildman–Crippen LogP) is 4.66. The Balaban J connectivity index is 1.80. The number of hydrogen-bond donors (Lipinski definition) is 1. The molecule has 0 bridgehead atoms. The monoisotopic (exact) mass is 366 g/mol. The lowest BCUT2D eigenvalue weighted by Crippen LogP contribution is -2.02. The summed E-state index contributed by atoms with van der Waals surface area (Å²) in [6, 6.07) is 16.0. The SMILES string of the molecule is CCCc1n[nH]c(=S)n1/N=C/c1ccccc1OCc1ccccc1C. The number of aromatic amines is 1. The molecule has 3 rings (SSSR count). The molecule has 0 unspecified atom stereocenters. The van der Waals surface area contributed by atoms with Crippen molar-refractivity contribution in [1.29, 1.82) is 0 Å². The van der Waals surface area contributed by atoms with Gasteiger partial charge in [0.25, 0.3) is 0 Å². The Kier molecular flexibility index (Phi) is 5.96. The number of nitrogens with zero attached hydrogens (tertiary/aromatic N) is 3. The topological polar surface area (TPSA) is 55.2 Å². The third-order valence-corrected chi connectivity index (χ3v) is 4.33. The summed E-state index contributed by atoms with van der Waals surface area (Å²) in [7, 11) is 0. The van der Waals surface area contributed by atoms with Crippen LogP contribution in [0.25, 0.3) is 0 Å². The van der Waals surface area contributed by atoms with Crippen molar-refractivity contribution in [3.8, 4) is 5.75 Å². The molecule has 134 valence electrons. The standard InChI is InChI=1S/C20H22N4OS/c1-3-8-19-22-23-20(26)24(19)21-13-16-10-6-7-12-18(16)25-14-17-11-5-4-9-15(17)2/h4-7,9-13H,3,8,14H2,1-2H3,(H,23,26)/b21-13+. The number of nitrogens with one attached hydrogen (secondary N) is 1. The molecule has 0 radical (unpaired) electrons. The van der Waals surface area contributed by atoms with Crippen molar-refractivity contribution in [2.24, 2.45) is 5.10 Å². The number of para-hydroxylation sites is 1. The number of aromatic nitrogens is 3. The van der Waals surface area contributed by atoms with Crippen LogP contribution in [0.3, 0.4) is 0 Å². The maximum Gasteiger partial charge on any atom is 0.216 e. The van der Waals surface area contributed by atoms with Crippen LogP contribution in [-0.2, 0) is 13.0 Å². The Labute approximate surface area is 158 Å². The van der Waals surface area contributed by atoms with Crippen LogP contribution in [0.2, 0.25) is 0 Å². The molecular formula is C20H22N4OS. The number of rotatable bonds is 7. The number of benzene rings is 2. The fourth-order valence-electron chi connectivity index (χ4n) is 2.59. The zero-order valence-electron chi connectivity index (χ0n) is 15.0. The average molecular weight is 366 g/mol. The zero-order valence-corrected chi connectivity index (χ0v) is 15.8. The molecule has 1 aromatic heterocycles. The van der Waals surface area contributed by atoms with Crippen molar-refractivity contribution < 1.29 is 4.74 Å². The van der Waals surface area contributed by atoms with Crippen molar-refractivity contribution in [2.75, 3.05) is 0 Å². The first-order chi connectivity index (χ1) is 12.7. The van der Waals surface area contributed by atoms with Gasteiger partial charge < -0.3 is 4.74 Å². The molecule has 1 N–H and O–H groups in total. The van der Waals surface area contributed by atoms with Crippen molar-refractivity contribution in [3.05, 3.63) is 75.8 Å². The van der Waals surface area contributed by atoms with Gasteiger partial charge in [-0.25, -0.2) is 0 Å². The van der Waals surface area contributed by atoms with Crippen LogP contribution in [0.1, 0.15) is 35.9 Å². The average Bonchev–Trinajstić information content (AvgIpc) is 3.00. The summed E-state index contributed by atoms with van der Waals surface area (Å²) >= 11 is 5.26. The Bertz CT molecular complexity index is 958. The molecule has 26 heavy (non-hydrogen) atoms. The van der Waals surface area contributed by atoms with Crippen molar-refractivity contribution in [1.82, 2.24) is 14.9 Å². The normalized spacial score (nSPS) is 11.2. The van der Waals surface area contributed by atoms with E-state index in [0.717, 1.165) is 30.0 Å². The molecule has 0 aliphatic carbocycles. The van der Waals surface area contributed by atoms with E-state index in [1.54, 1.807) is 10.9 Å². The second-order valence-electron chi connectivity index (χ2n) is 6.00. The lowest BCUT2D eigenvalue weighted by atomic mass is 10.1. The molecule has 0 spiro atoms. The first kappa shape index (κ1) is 18.1. The summed E-state index contributed by atoms with van der Waals surface area (Å²) in [5, 5.41) is 11.5. The lowest BCUT2D eigenvalue weighted by Gasteiger charge is -2.10. The lowest BCUT2D eigenvalue weighted by molar-refractivity contribution is 0.305. The summed E-state index contributed by atoms with van der Waals surface area (Å²) in [5.74, 6) is 1.61. The van der Waals surface area contributed by atoms with Crippen molar-refractivity contribution in [2.45, 2.75) is 33.3 Å². The predicted molar refractivity (Wildman–Crippen MR) is 106 cm³/mol. The molecule has 3 aromatic rings. The quantitative estimate of drug-likeness (QED) is 0.489. The van der Waals surface area contributed by atoms with Gasteiger partial charge in [0, 0.05) is 12.0 Å². The number of H-pyrrole nitrogens is 1. The van der Waals surface area contributed by atoms with Gasteiger partial charge in [0.05, 0.1) is 6.21 Å². The van der Waals surface area contributed by atoms with Gasteiger partial charge in [-0.2, -0.15) is 14.9 Å². The van der Waals surface area contributed by atoms with Gasteiger partial charge in [0.1, 0.15) is 12.4 Å². The summed E-state index contributed by atoms with van der Waals surface area (Å²) in [6.45, 7) is 4.70. The molecule has 5 nitrogen and oxygen atoms in total. The maximum absolute atomic E-state index is 6.03. The molecule has 0 atom stereocenters. The summed E-state index contributed by atoms with van der Waals surface area (Å²) in [6.07, 6.45) is 3.55. The smallest absolute Gasteiger partial charge is 0.216 e. The largest absolute Gasteiger partial charge is 0.488 e. The van der Waals surface area contributed by atoms with E-state index < -0.39 is 0 Å². The first-order valence-electron chi connectivity index (χ1n) is 8.66. The second kappa shape index (κ2) is 8.58. The number of ether oxygens (including phenoxy) is 1. The van der Waals surface area contributed by atoms with Gasteiger partial charge in [-0.3, -0.25) is 5.10 Å². The third-order valence-electron chi connectivity index (χ3n) is 4.07. The highest BCUT2D eigenvalue weighted by Crippen LogP contribution is 2.19. The van der Waals surface area contributed by atoms with Crippen LogP contribution in [-0.4, -0.2) is 21.1 Å². The van der Waals surface area contributed by atoms with Gasteiger partial charge in [-0.15, -0.1) is 0 Å². The van der Waals surface area contributed by atoms with Crippen LogP contribution < -0.4 is 4.74 Å². The molecule has 1 heterocycles. The Morgan fingerprint density at radius 2 is 1.96 bits per heavy atom. The summed E-state index contributed by atoms with van der Waals surface area (Å²) in [4.78, 5) is 0. The van der Waals surface area contributed by atoms with E-state index in [2.05, 4.69) is 41.3 Å². The van der Waals surface area contributed by atoms with E-state index in [-0.39, 0.29) is 0 Å². The summed E-state index contributed by atoms with van der Waals surface area (Å²) in [5.41, 5.74) is 3.28. The second-order valence-corrected chi connectivity index (χ2v) is 6.39. The molecule has 0 saturated carbocycles. The van der Waals surface area contributed by atoms with E-state index in [4.69, 9.17) is 17.0 Å². The van der Waals surface area contributed by atoms with Crippen LogP contribution >= 0.6 is 12.2 Å². The molecule has 0 aliphatic rings. The zero-order chi connectivity index (χ0) is 18.4. The Morgan fingerprint density at radius 1 is 1.19 bits per heavy atom. The highest BCUT2D eigenvalue weighted by molar-refractivity contribution is 7.71. The Morgan fingerprint density at radius 3 is 2.77 bits per heavy atom. The van der Waals surface area contributed by atoms with E-state index >= 15 is 0 Å². The van der Waals surface area contributed by atoms with E-state index in [0.29, 0.717) is 11.4 Å². The third kappa shape index (κ3) is 4.26.